The van der Waals surface area contributed by atoms with Crippen LogP contribution in [0.3, 0.4) is 0 Å². The molecule has 0 bridgehead atoms. The molecule has 1 aromatic heterocycles. The van der Waals surface area contributed by atoms with Gasteiger partial charge in [0, 0.05) is 13.3 Å². The molecule has 1 unspecified atom stereocenters. The lowest BCUT2D eigenvalue weighted by Gasteiger charge is -2.15. The number of anilines is 1. The number of aromatic nitrogens is 2. The molecule has 0 aliphatic rings. The van der Waals surface area contributed by atoms with Crippen molar-refractivity contribution >= 4 is 11.9 Å². The van der Waals surface area contributed by atoms with E-state index in [0.717, 1.165) is 6.42 Å². The summed E-state index contributed by atoms with van der Waals surface area (Å²) in [5, 5.41) is 11.8. The van der Waals surface area contributed by atoms with Gasteiger partial charge >= 0.3 is 5.97 Å². The van der Waals surface area contributed by atoms with E-state index in [-0.39, 0.29) is 11.7 Å². The van der Waals surface area contributed by atoms with E-state index in [4.69, 9.17) is 9.84 Å². The molecule has 0 saturated carbocycles. The van der Waals surface area contributed by atoms with Gasteiger partial charge in [-0.1, -0.05) is 6.92 Å². The Morgan fingerprint density at radius 3 is 3.00 bits per heavy atom. The predicted molar refractivity (Wildman–Crippen MR) is 58.6 cm³/mol. The van der Waals surface area contributed by atoms with Crippen LogP contribution >= 0.6 is 0 Å². The quantitative estimate of drug-likeness (QED) is 0.751. The number of hydrogen-bond donors (Lipinski definition) is 2. The Morgan fingerprint density at radius 2 is 2.44 bits per heavy atom. The lowest BCUT2D eigenvalue weighted by Crippen LogP contribution is -2.25. The first kappa shape index (κ1) is 12.4. The molecule has 88 valence electrons. The van der Waals surface area contributed by atoms with Gasteiger partial charge in [-0.2, -0.15) is 0 Å². The van der Waals surface area contributed by atoms with E-state index in [1.165, 1.54) is 12.3 Å². The van der Waals surface area contributed by atoms with Crippen molar-refractivity contribution in [1.82, 2.24) is 9.97 Å². The van der Waals surface area contributed by atoms with Crippen LogP contribution in [0, 0.1) is 0 Å². The molecule has 0 spiro atoms. The van der Waals surface area contributed by atoms with Gasteiger partial charge < -0.3 is 15.2 Å². The Bertz CT molecular complexity index is 357. The Hall–Kier alpha value is -1.69. The van der Waals surface area contributed by atoms with Gasteiger partial charge in [0.2, 0.25) is 5.95 Å². The largest absolute Gasteiger partial charge is 0.477 e. The molecular formula is C10H15N3O3. The molecule has 0 saturated heterocycles. The van der Waals surface area contributed by atoms with Crippen LogP contribution in [-0.4, -0.2) is 40.8 Å². The molecule has 1 rings (SSSR count). The molecule has 16 heavy (non-hydrogen) atoms. The summed E-state index contributed by atoms with van der Waals surface area (Å²) >= 11 is 0. The van der Waals surface area contributed by atoms with Gasteiger partial charge in [0.1, 0.15) is 0 Å². The van der Waals surface area contributed by atoms with E-state index >= 15 is 0 Å². The molecule has 1 heterocycles. The first-order valence-electron chi connectivity index (χ1n) is 4.99. The van der Waals surface area contributed by atoms with Gasteiger partial charge in [-0.15, -0.1) is 0 Å². The molecule has 1 atom stereocenters. The summed E-state index contributed by atoms with van der Waals surface area (Å²) in [5.41, 5.74) is -0.0234. The molecule has 0 aliphatic heterocycles. The summed E-state index contributed by atoms with van der Waals surface area (Å²) in [7, 11) is 1.61. The van der Waals surface area contributed by atoms with Crippen molar-refractivity contribution in [3.05, 3.63) is 18.0 Å². The zero-order chi connectivity index (χ0) is 12.0. The fourth-order valence-corrected chi connectivity index (χ4v) is 1.19. The van der Waals surface area contributed by atoms with Gasteiger partial charge in [-0.3, -0.25) is 0 Å². The third kappa shape index (κ3) is 3.47. The molecule has 6 heteroatoms. The number of nitrogens with zero attached hydrogens (tertiary/aromatic N) is 2. The molecule has 0 aliphatic carbocycles. The topological polar surface area (TPSA) is 84.3 Å². The van der Waals surface area contributed by atoms with Gasteiger partial charge in [-0.25, -0.2) is 14.8 Å². The van der Waals surface area contributed by atoms with Gasteiger partial charge in [0.25, 0.3) is 0 Å². The summed E-state index contributed by atoms with van der Waals surface area (Å²) < 4.78 is 5.01. The SMILES string of the molecule is CCC(COC)Nc1nccc(C(=O)O)n1. The normalized spacial score (nSPS) is 12.1. The van der Waals surface area contributed by atoms with E-state index in [2.05, 4.69) is 15.3 Å². The smallest absolute Gasteiger partial charge is 0.354 e. The molecule has 6 nitrogen and oxygen atoms in total. The minimum atomic E-state index is -1.06. The molecule has 0 fully saturated rings. The number of aromatic carboxylic acids is 1. The second kappa shape index (κ2) is 6.02. The fraction of sp³-hybridized carbons (Fsp3) is 0.500. The zero-order valence-corrected chi connectivity index (χ0v) is 9.30. The number of carboxylic acid groups (broad SMARTS) is 1. The summed E-state index contributed by atoms with van der Waals surface area (Å²) in [4.78, 5) is 18.5. The third-order valence-corrected chi connectivity index (χ3v) is 2.07. The average Bonchev–Trinajstić information content (AvgIpc) is 2.29. The maximum atomic E-state index is 10.7. The third-order valence-electron chi connectivity index (χ3n) is 2.07. The van der Waals surface area contributed by atoms with E-state index in [9.17, 15) is 4.79 Å². The minimum Gasteiger partial charge on any atom is -0.477 e. The Balaban J connectivity index is 2.72. The average molecular weight is 225 g/mol. The molecule has 0 amide bonds. The Labute approximate surface area is 93.7 Å². The number of carboxylic acids is 1. The van der Waals surface area contributed by atoms with Crippen molar-refractivity contribution in [3.63, 3.8) is 0 Å². The fourth-order valence-electron chi connectivity index (χ4n) is 1.19. The second-order valence-corrected chi connectivity index (χ2v) is 3.28. The van der Waals surface area contributed by atoms with E-state index < -0.39 is 5.97 Å². The number of ether oxygens (including phenoxy) is 1. The maximum Gasteiger partial charge on any atom is 0.354 e. The van der Waals surface area contributed by atoms with Crippen LogP contribution in [0.1, 0.15) is 23.8 Å². The Kier molecular flexibility index (Phi) is 4.65. The van der Waals surface area contributed by atoms with E-state index in [0.29, 0.717) is 12.6 Å². The molecule has 2 N–H and O–H groups in total. The monoisotopic (exact) mass is 225 g/mol. The van der Waals surface area contributed by atoms with E-state index in [1.54, 1.807) is 7.11 Å². The molecule has 1 aromatic rings. The van der Waals surface area contributed by atoms with Crippen LogP contribution in [0.4, 0.5) is 5.95 Å². The van der Waals surface area contributed by atoms with E-state index in [1.807, 2.05) is 6.92 Å². The number of nitrogens with one attached hydrogen (secondary N) is 1. The Morgan fingerprint density at radius 1 is 1.69 bits per heavy atom. The van der Waals surface area contributed by atoms with Crippen molar-refractivity contribution in [3.8, 4) is 0 Å². The van der Waals surface area contributed by atoms with Crippen LogP contribution in [0.2, 0.25) is 0 Å². The number of carbonyl (C=O) groups is 1. The highest BCUT2D eigenvalue weighted by atomic mass is 16.5. The first-order valence-corrected chi connectivity index (χ1v) is 4.99. The van der Waals surface area contributed by atoms with Gasteiger partial charge in [0.15, 0.2) is 5.69 Å². The van der Waals surface area contributed by atoms with Gasteiger partial charge in [0.05, 0.1) is 12.6 Å². The zero-order valence-electron chi connectivity index (χ0n) is 9.30. The highest BCUT2D eigenvalue weighted by molar-refractivity contribution is 5.85. The molecule has 0 radical (unpaired) electrons. The van der Waals surface area contributed by atoms with Crippen molar-refractivity contribution in [1.29, 1.82) is 0 Å². The van der Waals surface area contributed by atoms with Crippen molar-refractivity contribution in [2.24, 2.45) is 0 Å². The lowest BCUT2D eigenvalue weighted by molar-refractivity contribution is 0.0690. The number of rotatable bonds is 6. The highest BCUT2D eigenvalue weighted by Gasteiger charge is 2.10. The second-order valence-electron chi connectivity index (χ2n) is 3.28. The predicted octanol–water partition coefficient (Wildman–Crippen LogP) is 1.01. The lowest BCUT2D eigenvalue weighted by atomic mass is 10.2. The summed E-state index contributed by atoms with van der Waals surface area (Å²) in [5.74, 6) is -0.756. The van der Waals surface area contributed by atoms with Crippen molar-refractivity contribution < 1.29 is 14.6 Å². The molecular weight excluding hydrogens is 210 g/mol. The van der Waals surface area contributed by atoms with Crippen molar-refractivity contribution in [2.75, 3.05) is 19.0 Å². The van der Waals surface area contributed by atoms with Crippen LogP contribution < -0.4 is 5.32 Å². The summed E-state index contributed by atoms with van der Waals surface area (Å²) in [6.45, 7) is 2.52. The first-order chi connectivity index (χ1) is 7.67. The maximum absolute atomic E-state index is 10.7. The van der Waals surface area contributed by atoms with Crippen LogP contribution in [-0.2, 0) is 4.74 Å². The van der Waals surface area contributed by atoms with Crippen LogP contribution in [0.5, 0.6) is 0 Å². The standard InChI is InChI=1S/C10H15N3O3/c1-3-7(6-16-2)12-10-11-5-4-8(13-10)9(14)15/h4-5,7H,3,6H2,1-2H3,(H,14,15)(H,11,12,13). The highest BCUT2D eigenvalue weighted by Crippen LogP contribution is 2.04. The van der Waals surface area contributed by atoms with Crippen LogP contribution in [0.15, 0.2) is 12.3 Å². The molecule has 0 aromatic carbocycles. The summed E-state index contributed by atoms with van der Waals surface area (Å²) in [6.07, 6.45) is 2.26. The number of methoxy groups -OCH3 is 1. The van der Waals surface area contributed by atoms with Crippen LogP contribution in [0.25, 0.3) is 0 Å². The minimum absolute atomic E-state index is 0.0234. The van der Waals surface area contributed by atoms with Gasteiger partial charge in [-0.05, 0) is 12.5 Å². The number of hydrogen-bond acceptors (Lipinski definition) is 5. The summed E-state index contributed by atoms with van der Waals surface area (Å²) in [6, 6.07) is 1.43. The van der Waals surface area contributed by atoms with Crippen molar-refractivity contribution in [2.45, 2.75) is 19.4 Å².